The van der Waals surface area contributed by atoms with E-state index in [1.165, 1.54) is 19.3 Å². The molecule has 0 aliphatic heterocycles. The van der Waals surface area contributed by atoms with Crippen LogP contribution >= 0.6 is 0 Å². The minimum atomic E-state index is 0.525. The number of imidazole rings is 1. The van der Waals surface area contributed by atoms with Crippen molar-refractivity contribution >= 4 is 17.0 Å². The summed E-state index contributed by atoms with van der Waals surface area (Å²) in [6.45, 7) is 3.23. The summed E-state index contributed by atoms with van der Waals surface area (Å²) in [5.74, 6) is 1.94. The molecular formula is C15H18N4. The minimum absolute atomic E-state index is 0.525. The van der Waals surface area contributed by atoms with Gasteiger partial charge in [-0.15, -0.1) is 0 Å². The lowest BCUT2D eigenvalue weighted by molar-refractivity contribution is 0.370. The summed E-state index contributed by atoms with van der Waals surface area (Å²) in [5.41, 5.74) is 8.35. The number of benzene rings is 1. The van der Waals surface area contributed by atoms with Crippen LogP contribution in [0.2, 0.25) is 0 Å². The first-order valence-electron chi connectivity index (χ1n) is 6.85. The molecule has 4 heteroatoms. The average Bonchev–Trinajstić information content (AvgIpc) is 2.95. The Morgan fingerprint density at radius 1 is 1.47 bits per heavy atom. The molecule has 1 aromatic heterocycles. The fourth-order valence-electron chi connectivity index (χ4n) is 3.18. The molecule has 2 atom stereocenters. The Kier molecular flexibility index (Phi) is 2.90. The predicted molar refractivity (Wildman–Crippen MR) is 75.4 cm³/mol. The fraction of sp³-hybridized carbons (Fsp3) is 0.467. The molecule has 2 unspecified atom stereocenters. The number of nitrogens with zero attached hydrogens (tertiary/aromatic N) is 3. The molecule has 3 rings (SSSR count). The van der Waals surface area contributed by atoms with E-state index in [4.69, 9.17) is 11.0 Å². The smallest absolute Gasteiger partial charge is 0.201 e. The summed E-state index contributed by atoms with van der Waals surface area (Å²) in [6, 6.07) is 7.87. The molecule has 98 valence electrons. The van der Waals surface area contributed by atoms with Gasteiger partial charge >= 0.3 is 0 Å². The van der Waals surface area contributed by atoms with E-state index in [0.717, 1.165) is 23.5 Å². The zero-order valence-corrected chi connectivity index (χ0v) is 11.1. The molecule has 1 saturated carbocycles. The number of aromatic nitrogens is 2. The van der Waals surface area contributed by atoms with E-state index in [1.807, 2.05) is 12.1 Å². The topological polar surface area (TPSA) is 67.6 Å². The Hall–Kier alpha value is -2.02. The number of para-hydroxylation sites is 1. The molecule has 1 heterocycles. The Morgan fingerprint density at radius 2 is 2.32 bits per heavy atom. The Bertz CT molecular complexity index is 650. The van der Waals surface area contributed by atoms with Crippen LogP contribution in [-0.2, 0) is 6.54 Å². The standard InChI is InChI=1S/C15H18N4/c1-10-4-2-6-12(10)9-19-13-7-3-5-11(8-16)14(13)18-15(19)17/h3,5,7,10,12H,2,4,6,9H2,1H3,(H2,17,18). The van der Waals surface area contributed by atoms with E-state index in [-0.39, 0.29) is 0 Å². The maximum Gasteiger partial charge on any atom is 0.201 e. The number of hydrogen-bond acceptors (Lipinski definition) is 3. The highest BCUT2D eigenvalue weighted by Gasteiger charge is 2.25. The van der Waals surface area contributed by atoms with Crippen molar-refractivity contribution < 1.29 is 0 Å². The zero-order valence-electron chi connectivity index (χ0n) is 11.1. The number of fused-ring (bicyclic) bond motifs is 1. The number of rotatable bonds is 2. The molecule has 1 aliphatic carbocycles. The van der Waals surface area contributed by atoms with Crippen LogP contribution in [0.4, 0.5) is 5.95 Å². The first-order chi connectivity index (χ1) is 9.20. The van der Waals surface area contributed by atoms with Gasteiger partial charge in [-0.25, -0.2) is 4.98 Å². The van der Waals surface area contributed by atoms with Crippen molar-refractivity contribution in [2.45, 2.75) is 32.7 Å². The third-order valence-corrected chi connectivity index (χ3v) is 4.39. The van der Waals surface area contributed by atoms with Gasteiger partial charge in [0.25, 0.3) is 0 Å². The minimum Gasteiger partial charge on any atom is -0.369 e. The molecule has 1 aliphatic rings. The van der Waals surface area contributed by atoms with E-state index in [1.54, 1.807) is 6.07 Å². The zero-order chi connectivity index (χ0) is 13.4. The van der Waals surface area contributed by atoms with Crippen molar-refractivity contribution in [1.29, 1.82) is 5.26 Å². The van der Waals surface area contributed by atoms with Crippen molar-refractivity contribution in [2.75, 3.05) is 5.73 Å². The predicted octanol–water partition coefficient (Wildman–Crippen LogP) is 2.93. The lowest BCUT2D eigenvalue weighted by Crippen LogP contribution is -2.14. The van der Waals surface area contributed by atoms with Gasteiger partial charge in [-0.1, -0.05) is 25.8 Å². The number of nitrogen functional groups attached to an aromatic ring is 1. The summed E-state index contributed by atoms with van der Waals surface area (Å²) in [6.07, 6.45) is 3.88. The summed E-state index contributed by atoms with van der Waals surface area (Å²) < 4.78 is 2.07. The van der Waals surface area contributed by atoms with Crippen LogP contribution < -0.4 is 5.73 Å². The number of nitrogens with two attached hydrogens (primary N) is 1. The van der Waals surface area contributed by atoms with Gasteiger partial charge in [0.15, 0.2) is 0 Å². The lowest BCUT2D eigenvalue weighted by atomic mass is 9.98. The van der Waals surface area contributed by atoms with Crippen LogP contribution in [0.5, 0.6) is 0 Å². The van der Waals surface area contributed by atoms with Crippen molar-refractivity contribution in [3.05, 3.63) is 23.8 Å². The van der Waals surface area contributed by atoms with Crippen molar-refractivity contribution in [2.24, 2.45) is 11.8 Å². The molecule has 0 saturated heterocycles. The monoisotopic (exact) mass is 254 g/mol. The molecule has 1 fully saturated rings. The molecule has 0 radical (unpaired) electrons. The average molecular weight is 254 g/mol. The maximum absolute atomic E-state index is 9.12. The van der Waals surface area contributed by atoms with Crippen LogP contribution in [-0.4, -0.2) is 9.55 Å². The molecule has 0 spiro atoms. The Labute approximate surface area is 112 Å². The second-order valence-corrected chi connectivity index (χ2v) is 5.53. The summed E-state index contributed by atoms with van der Waals surface area (Å²) in [4.78, 5) is 4.37. The molecule has 0 amide bonds. The normalized spacial score (nSPS) is 22.7. The van der Waals surface area contributed by atoms with Gasteiger partial charge in [0.1, 0.15) is 11.6 Å². The van der Waals surface area contributed by atoms with Gasteiger partial charge in [0.2, 0.25) is 5.95 Å². The van der Waals surface area contributed by atoms with Crippen molar-refractivity contribution in [3.63, 3.8) is 0 Å². The first kappa shape index (κ1) is 12.0. The van der Waals surface area contributed by atoms with Crippen LogP contribution in [0.25, 0.3) is 11.0 Å². The van der Waals surface area contributed by atoms with Gasteiger partial charge in [0, 0.05) is 6.54 Å². The largest absolute Gasteiger partial charge is 0.369 e. The van der Waals surface area contributed by atoms with Crippen LogP contribution in [0.1, 0.15) is 31.7 Å². The molecule has 2 N–H and O–H groups in total. The Morgan fingerprint density at radius 3 is 3.00 bits per heavy atom. The number of nitriles is 1. The summed E-state index contributed by atoms with van der Waals surface area (Å²) >= 11 is 0. The number of anilines is 1. The van der Waals surface area contributed by atoms with E-state index in [2.05, 4.69) is 22.5 Å². The molecule has 1 aromatic carbocycles. The van der Waals surface area contributed by atoms with E-state index in [0.29, 0.717) is 17.4 Å². The van der Waals surface area contributed by atoms with E-state index >= 15 is 0 Å². The Balaban J connectivity index is 2.04. The maximum atomic E-state index is 9.12. The fourth-order valence-corrected chi connectivity index (χ4v) is 3.18. The third-order valence-electron chi connectivity index (χ3n) is 4.39. The van der Waals surface area contributed by atoms with Crippen molar-refractivity contribution in [3.8, 4) is 6.07 Å². The van der Waals surface area contributed by atoms with Gasteiger partial charge in [-0.05, 0) is 30.4 Å². The first-order valence-corrected chi connectivity index (χ1v) is 6.85. The van der Waals surface area contributed by atoms with Gasteiger partial charge in [0.05, 0.1) is 11.1 Å². The van der Waals surface area contributed by atoms with Gasteiger partial charge in [-0.2, -0.15) is 5.26 Å². The molecule has 19 heavy (non-hydrogen) atoms. The van der Waals surface area contributed by atoms with Crippen LogP contribution in [0.15, 0.2) is 18.2 Å². The highest BCUT2D eigenvalue weighted by Crippen LogP contribution is 2.34. The lowest BCUT2D eigenvalue weighted by Gasteiger charge is -2.17. The SMILES string of the molecule is CC1CCCC1Cn1c(N)nc2c(C#N)cccc21. The molecular weight excluding hydrogens is 236 g/mol. The highest BCUT2D eigenvalue weighted by atomic mass is 15.2. The highest BCUT2D eigenvalue weighted by molar-refractivity contribution is 5.83. The van der Waals surface area contributed by atoms with Crippen molar-refractivity contribution in [1.82, 2.24) is 9.55 Å². The van der Waals surface area contributed by atoms with Crippen LogP contribution in [0, 0.1) is 23.2 Å². The van der Waals surface area contributed by atoms with Gasteiger partial charge < -0.3 is 10.3 Å². The summed E-state index contributed by atoms with van der Waals surface area (Å²) in [7, 11) is 0. The third kappa shape index (κ3) is 1.95. The van der Waals surface area contributed by atoms with Crippen LogP contribution in [0.3, 0.4) is 0 Å². The van der Waals surface area contributed by atoms with E-state index < -0.39 is 0 Å². The molecule has 2 aromatic rings. The molecule has 0 bridgehead atoms. The summed E-state index contributed by atoms with van der Waals surface area (Å²) in [5, 5.41) is 9.12. The second kappa shape index (κ2) is 4.58. The van der Waals surface area contributed by atoms with E-state index in [9.17, 15) is 0 Å². The second-order valence-electron chi connectivity index (χ2n) is 5.53. The number of hydrogen-bond donors (Lipinski definition) is 1. The molecule has 4 nitrogen and oxygen atoms in total. The van der Waals surface area contributed by atoms with Gasteiger partial charge in [-0.3, -0.25) is 0 Å². The quantitative estimate of drug-likeness (QED) is 0.896.